The van der Waals surface area contributed by atoms with Crippen molar-refractivity contribution >= 4 is 29.1 Å². The summed E-state index contributed by atoms with van der Waals surface area (Å²) in [7, 11) is 0. The van der Waals surface area contributed by atoms with Gasteiger partial charge in [-0.2, -0.15) is 0 Å². The van der Waals surface area contributed by atoms with Crippen molar-refractivity contribution < 1.29 is 14.6 Å². The average Bonchev–Trinajstić information content (AvgIpc) is 2.40. The summed E-state index contributed by atoms with van der Waals surface area (Å²) in [5.74, 6) is -0.114. The van der Waals surface area contributed by atoms with Gasteiger partial charge in [-0.15, -0.1) is 0 Å². The van der Waals surface area contributed by atoms with Gasteiger partial charge in [0.15, 0.2) is 0 Å². The third-order valence-corrected chi connectivity index (χ3v) is 3.10. The molecule has 0 aliphatic rings. The van der Waals surface area contributed by atoms with Crippen LogP contribution in [0.5, 0.6) is 0 Å². The van der Waals surface area contributed by atoms with Crippen LogP contribution in [0.25, 0.3) is 0 Å². The van der Waals surface area contributed by atoms with Gasteiger partial charge in [-0.05, 0) is 37.1 Å². The Morgan fingerprint density at radius 3 is 2.60 bits per heavy atom. The number of nitrogens with one attached hydrogen (secondary N) is 1. The van der Waals surface area contributed by atoms with Gasteiger partial charge in [0.2, 0.25) is 5.91 Å². The van der Waals surface area contributed by atoms with E-state index in [1.54, 1.807) is 18.2 Å². The number of carbonyl (C=O) groups is 1. The van der Waals surface area contributed by atoms with Crippen LogP contribution in [-0.4, -0.2) is 30.8 Å². The summed E-state index contributed by atoms with van der Waals surface area (Å²) < 4.78 is 5.15. The van der Waals surface area contributed by atoms with Crippen LogP contribution in [-0.2, 0) is 9.53 Å². The second-order valence-electron chi connectivity index (χ2n) is 4.32. The van der Waals surface area contributed by atoms with E-state index < -0.39 is 6.10 Å². The number of ether oxygens (including phenoxy) is 1. The van der Waals surface area contributed by atoms with Crippen LogP contribution in [0, 0.1) is 0 Å². The predicted octanol–water partition coefficient (Wildman–Crippen LogP) is 2.96. The second kappa shape index (κ2) is 9.19. The Bertz CT molecular complexity index is 420. The van der Waals surface area contributed by atoms with E-state index in [9.17, 15) is 9.90 Å². The highest BCUT2D eigenvalue weighted by molar-refractivity contribution is 6.34. The Morgan fingerprint density at radius 1 is 1.35 bits per heavy atom. The number of aliphatic hydroxyl groups is 1. The Morgan fingerprint density at radius 2 is 2.00 bits per heavy atom. The first-order chi connectivity index (χ1) is 9.52. The lowest BCUT2D eigenvalue weighted by molar-refractivity contribution is -0.121. The van der Waals surface area contributed by atoms with Crippen LogP contribution < -0.4 is 5.32 Å². The molecule has 2 N–H and O–H groups in total. The van der Waals surface area contributed by atoms with E-state index in [1.165, 1.54) is 0 Å². The lowest BCUT2D eigenvalue weighted by atomic mass is 10.1. The van der Waals surface area contributed by atoms with Crippen LogP contribution in [0.4, 0.5) is 0 Å². The van der Waals surface area contributed by atoms with Gasteiger partial charge in [0, 0.05) is 36.2 Å². The third-order valence-electron chi connectivity index (χ3n) is 2.66. The van der Waals surface area contributed by atoms with Gasteiger partial charge in [0.1, 0.15) is 0 Å². The molecule has 1 rings (SSSR count). The summed E-state index contributed by atoms with van der Waals surface area (Å²) in [5.41, 5.74) is 0.581. The molecule has 0 aliphatic carbocycles. The highest BCUT2D eigenvalue weighted by Crippen LogP contribution is 2.23. The molecule has 0 aromatic heterocycles. The smallest absolute Gasteiger partial charge is 0.220 e. The Kier molecular flexibility index (Phi) is 7.92. The summed E-state index contributed by atoms with van der Waals surface area (Å²) in [6.07, 6.45) is 0.212. The highest BCUT2D eigenvalue weighted by Gasteiger charge is 2.11. The SMILES string of the molecule is CCOCCCC(=O)NC[C@H](O)c1cc(Cl)cc(Cl)c1. The molecule has 1 aromatic rings. The quantitative estimate of drug-likeness (QED) is 0.724. The fraction of sp³-hybridized carbons (Fsp3) is 0.500. The minimum Gasteiger partial charge on any atom is -0.387 e. The van der Waals surface area contributed by atoms with E-state index in [0.717, 1.165) is 0 Å². The number of rotatable bonds is 8. The van der Waals surface area contributed by atoms with E-state index in [4.69, 9.17) is 27.9 Å². The monoisotopic (exact) mass is 319 g/mol. The lowest BCUT2D eigenvalue weighted by Crippen LogP contribution is -2.28. The molecule has 0 saturated heterocycles. The van der Waals surface area contributed by atoms with Crippen LogP contribution in [0.15, 0.2) is 18.2 Å². The number of hydrogen-bond acceptors (Lipinski definition) is 3. The molecule has 1 atom stereocenters. The Hall–Kier alpha value is -0.810. The van der Waals surface area contributed by atoms with E-state index in [0.29, 0.717) is 41.7 Å². The van der Waals surface area contributed by atoms with Crippen molar-refractivity contribution in [2.45, 2.75) is 25.9 Å². The van der Waals surface area contributed by atoms with Crippen LogP contribution in [0.1, 0.15) is 31.4 Å². The van der Waals surface area contributed by atoms with E-state index in [-0.39, 0.29) is 12.5 Å². The van der Waals surface area contributed by atoms with E-state index in [1.807, 2.05) is 6.92 Å². The first kappa shape index (κ1) is 17.2. The zero-order valence-corrected chi connectivity index (χ0v) is 12.9. The van der Waals surface area contributed by atoms with Crippen LogP contribution in [0.2, 0.25) is 10.0 Å². The van der Waals surface area contributed by atoms with Gasteiger partial charge in [0.25, 0.3) is 0 Å². The lowest BCUT2D eigenvalue weighted by Gasteiger charge is -2.13. The van der Waals surface area contributed by atoms with Crippen molar-refractivity contribution in [1.82, 2.24) is 5.32 Å². The zero-order chi connectivity index (χ0) is 15.0. The molecule has 0 spiro atoms. The zero-order valence-electron chi connectivity index (χ0n) is 11.4. The topological polar surface area (TPSA) is 58.6 Å². The molecule has 0 heterocycles. The Balaban J connectivity index is 2.35. The van der Waals surface area contributed by atoms with E-state index in [2.05, 4.69) is 5.32 Å². The molecule has 0 aliphatic heterocycles. The predicted molar refractivity (Wildman–Crippen MR) is 80.2 cm³/mol. The first-order valence-corrected chi connectivity index (χ1v) is 7.27. The third kappa shape index (κ3) is 6.57. The number of halogens is 2. The minimum absolute atomic E-state index is 0.114. The summed E-state index contributed by atoms with van der Waals surface area (Å²) in [4.78, 5) is 11.5. The largest absolute Gasteiger partial charge is 0.387 e. The maximum atomic E-state index is 11.5. The molecular formula is C14H19Cl2NO3. The molecule has 0 radical (unpaired) electrons. The van der Waals surface area contributed by atoms with Crippen molar-refractivity contribution in [2.75, 3.05) is 19.8 Å². The molecule has 0 unspecified atom stereocenters. The van der Waals surface area contributed by atoms with Crippen molar-refractivity contribution in [2.24, 2.45) is 0 Å². The fourth-order valence-corrected chi connectivity index (χ4v) is 2.21. The molecule has 0 saturated carbocycles. The molecule has 0 fully saturated rings. The van der Waals surface area contributed by atoms with Gasteiger partial charge in [0.05, 0.1) is 6.10 Å². The maximum absolute atomic E-state index is 11.5. The van der Waals surface area contributed by atoms with Crippen molar-refractivity contribution in [3.05, 3.63) is 33.8 Å². The van der Waals surface area contributed by atoms with Gasteiger partial charge in [-0.1, -0.05) is 23.2 Å². The summed E-state index contributed by atoms with van der Waals surface area (Å²) >= 11 is 11.7. The molecule has 1 aromatic carbocycles. The number of carbonyl (C=O) groups excluding carboxylic acids is 1. The second-order valence-corrected chi connectivity index (χ2v) is 5.20. The average molecular weight is 320 g/mol. The minimum atomic E-state index is -0.831. The van der Waals surface area contributed by atoms with Crippen molar-refractivity contribution in [3.63, 3.8) is 0 Å². The fourth-order valence-electron chi connectivity index (χ4n) is 1.66. The van der Waals surface area contributed by atoms with Crippen molar-refractivity contribution in [1.29, 1.82) is 0 Å². The maximum Gasteiger partial charge on any atom is 0.220 e. The first-order valence-electron chi connectivity index (χ1n) is 6.51. The number of benzene rings is 1. The molecular weight excluding hydrogens is 301 g/mol. The number of hydrogen-bond donors (Lipinski definition) is 2. The van der Waals surface area contributed by atoms with Gasteiger partial charge in [-0.3, -0.25) is 4.79 Å². The van der Waals surface area contributed by atoms with Crippen LogP contribution in [0.3, 0.4) is 0 Å². The summed E-state index contributed by atoms with van der Waals surface area (Å²) in [5, 5.41) is 13.5. The summed E-state index contributed by atoms with van der Waals surface area (Å²) in [6, 6.07) is 4.84. The van der Waals surface area contributed by atoms with Crippen molar-refractivity contribution in [3.8, 4) is 0 Å². The molecule has 1 amide bonds. The Labute approximate surface area is 129 Å². The molecule has 4 nitrogen and oxygen atoms in total. The molecule has 20 heavy (non-hydrogen) atoms. The highest BCUT2D eigenvalue weighted by atomic mass is 35.5. The summed E-state index contributed by atoms with van der Waals surface area (Å²) in [6.45, 7) is 3.25. The van der Waals surface area contributed by atoms with E-state index >= 15 is 0 Å². The van der Waals surface area contributed by atoms with Gasteiger partial charge >= 0.3 is 0 Å². The van der Waals surface area contributed by atoms with Gasteiger partial charge in [-0.25, -0.2) is 0 Å². The number of amides is 1. The molecule has 112 valence electrons. The normalized spacial score (nSPS) is 12.2. The standard InChI is InChI=1S/C14H19Cl2NO3/c1-2-20-5-3-4-14(19)17-9-13(18)10-6-11(15)8-12(16)7-10/h6-8,13,18H,2-5,9H2,1H3,(H,17,19)/t13-/m0/s1. The molecule has 6 heteroatoms. The number of aliphatic hydroxyl groups excluding tert-OH is 1. The van der Waals surface area contributed by atoms with Crippen LogP contribution >= 0.6 is 23.2 Å². The van der Waals surface area contributed by atoms with Gasteiger partial charge < -0.3 is 15.2 Å². The molecule has 0 bridgehead atoms.